The quantitative estimate of drug-likeness (QED) is 0.650. The predicted molar refractivity (Wildman–Crippen MR) is 93.1 cm³/mol. The number of methoxy groups -OCH3 is 1. The first kappa shape index (κ1) is 18.8. The van der Waals surface area contributed by atoms with Crippen LogP contribution in [0.4, 0.5) is 0 Å². The van der Waals surface area contributed by atoms with Crippen molar-refractivity contribution in [2.45, 2.75) is 32.0 Å². The van der Waals surface area contributed by atoms with E-state index in [1.54, 1.807) is 20.7 Å². The number of amides is 2. The van der Waals surface area contributed by atoms with Crippen LogP contribution in [0.25, 0.3) is 0 Å². The van der Waals surface area contributed by atoms with Crippen LogP contribution in [-0.4, -0.2) is 90.2 Å². The van der Waals surface area contributed by atoms with Crippen molar-refractivity contribution < 1.29 is 22.7 Å². The maximum atomic E-state index is 12.7. The second kappa shape index (κ2) is 7.36. The van der Waals surface area contributed by atoms with E-state index in [-0.39, 0.29) is 36.3 Å². The van der Waals surface area contributed by atoms with Crippen molar-refractivity contribution in [3.8, 4) is 0 Å². The summed E-state index contributed by atoms with van der Waals surface area (Å²) in [5, 5.41) is 4.16. The molecule has 0 N–H and O–H groups in total. The Bertz CT molecular complexity index is 790. The smallest absolute Gasteiger partial charge is 0.248 e. The lowest BCUT2D eigenvalue weighted by Crippen LogP contribution is -2.62. The van der Waals surface area contributed by atoms with Gasteiger partial charge in [-0.05, 0) is 12.5 Å². The topological polar surface area (TPSA) is 102 Å². The summed E-state index contributed by atoms with van der Waals surface area (Å²) in [6, 6.07) is -0.978. The molecular weight excluding hydrogens is 360 g/mol. The maximum absolute atomic E-state index is 12.7. The van der Waals surface area contributed by atoms with Crippen LogP contribution in [0, 0.1) is 6.92 Å². The van der Waals surface area contributed by atoms with Crippen molar-refractivity contribution in [3.05, 3.63) is 18.0 Å². The van der Waals surface area contributed by atoms with Crippen molar-refractivity contribution in [1.29, 1.82) is 0 Å². The van der Waals surface area contributed by atoms with Crippen LogP contribution < -0.4 is 0 Å². The minimum absolute atomic E-state index is 0.0874. The highest BCUT2D eigenvalue weighted by atomic mass is 32.2. The van der Waals surface area contributed by atoms with Gasteiger partial charge in [-0.15, -0.1) is 0 Å². The Labute approximate surface area is 152 Å². The van der Waals surface area contributed by atoms with Gasteiger partial charge in [-0.1, -0.05) is 0 Å². The van der Waals surface area contributed by atoms with Gasteiger partial charge in [-0.25, -0.2) is 8.42 Å². The van der Waals surface area contributed by atoms with Gasteiger partial charge in [-0.3, -0.25) is 14.3 Å². The predicted octanol–water partition coefficient (Wildman–Crippen LogP) is -0.936. The lowest BCUT2D eigenvalue weighted by molar-refractivity contribution is -0.147. The fourth-order valence-electron chi connectivity index (χ4n) is 3.72. The highest BCUT2D eigenvalue weighted by Gasteiger charge is 2.49. The van der Waals surface area contributed by atoms with Crippen LogP contribution in [0.1, 0.15) is 12.0 Å². The molecule has 144 valence electrons. The van der Waals surface area contributed by atoms with Gasteiger partial charge in [0.25, 0.3) is 0 Å². The van der Waals surface area contributed by atoms with E-state index < -0.39 is 21.9 Å². The van der Waals surface area contributed by atoms with Gasteiger partial charge in [0.1, 0.15) is 6.61 Å². The van der Waals surface area contributed by atoms with E-state index in [0.717, 1.165) is 5.56 Å². The van der Waals surface area contributed by atoms with Gasteiger partial charge < -0.3 is 14.5 Å². The maximum Gasteiger partial charge on any atom is 0.248 e. The summed E-state index contributed by atoms with van der Waals surface area (Å²) in [4.78, 5) is 28.1. The van der Waals surface area contributed by atoms with Gasteiger partial charge in [0, 0.05) is 39.4 Å². The number of hydrogen-bond acceptors (Lipinski definition) is 6. The Morgan fingerprint density at radius 3 is 2.35 bits per heavy atom. The number of sulfone groups is 1. The molecule has 0 aromatic carbocycles. The molecule has 2 aliphatic rings. The molecule has 3 heterocycles. The molecule has 10 heteroatoms. The average molecular weight is 384 g/mol. The van der Waals surface area contributed by atoms with E-state index in [2.05, 4.69) is 5.10 Å². The zero-order chi connectivity index (χ0) is 18.9. The number of aryl methyl sites for hydroxylation is 2. The molecule has 2 amide bonds. The standard InChI is InChI=1S/C16H24N4O5S/c1-12-7-17-18(8-12)4-3-15(21)19-5-6-20(16(22)9-25-2)14-11-26(23,24)10-13(14)19/h7-8,13-14H,3-6,9-11H2,1-2H3/t13-,14+/m0/s1. The third-order valence-corrected chi connectivity index (χ3v) is 6.60. The van der Waals surface area contributed by atoms with Crippen LogP contribution in [0.2, 0.25) is 0 Å². The molecule has 26 heavy (non-hydrogen) atoms. The number of carbonyl (C=O) groups excluding carboxylic acids is 2. The summed E-state index contributed by atoms with van der Waals surface area (Å²) in [6.07, 6.45) is 3.83. The number of hydrogen-bond donors (Lipinski definition) is 0. The molecule has 0 unspecified atom stereocenters. The lowest BCUT2D eigenvalue weighted by Gasteiger charge is -2.43. The molecule has 0 bridgehead atoms. The Balaban J connectivity index is 1.70. The van der Waals surface area contributed by atoms with Gasteiger partial charge in [0.15, 0.2) is 9.84 Å². The normalized spacial score (nSPS) is 24.5. The van der Waals surface area contributed by atoms with Crippen LogP contribution >= 0.6 is 0 Å². The Hall–Kier alpha value is -1.94. The summed E-state index contributed by atoms with van der Waals surface area (Å²) in [5.41, 5.74) is 1.02. The Morgan fingerprint density at radius 1 is 1.19 bits per heavy atom. The zero-order valence-electron chi connectivity index (χ0n) is 15.0. The molecule has 2 saturated heterocycles. The van der Waals surface area contributed by atoms with Crippen LogP contribution in [0.3, 0.4) is 0 Å². The second-order valence-electron chi connectivity index (χ2n) is 6.85. The van der Waals surface area contributed by atoms with E-state index in [0.29, 0.717) is 19.6 Å². The molecule has 1 aromatic heterocycles. The summed E-state index contributed by atoms with van der Waals surface area (Å²) in [6.45, 7) is 2.94. The SMILES string of the molecule is COCC(=O)N1CCN(C(=O)CCn2cc(C)cn2)[C@H]2CS(=O)(=O)C[C@H]21. The number of rotatable bonds is 5. The highest BCUT2D eigenvalue weighted by molar-refractivity contribution is 7.91. The van der Waals surface area contributed by atoms with Crippen molar-refractivity contribution in [2.24, 2.45) is 0 Å². The minimum Gasteiger partial charge on any atom is -0.375 e. The third kappa shape index (κ3) is 3.90. The van der Waals surface area contributed by atoms with E-state index in [1.807, 2.05) is 13.1 Å². The molecule has 2 fully saturated rings. The van der Waals surface area contributed by atoms with E-state index >= 15 is 0 Å². The zero-order valence-corrected chi connectivity index (χ0v) is 15.8. The molecule has 9 nitrogen and oxygen atoms in total. The molecule has 1 aromatic rings. The first-order valence-corrected chi connectivity index (χ1v) is 10.4. The van der Waals surface area contributed by atoms with Crippen molar-refractivity contribution >= 4 is 21.7 Å². The number of piperazine rings is 1. The van der Waals surface area contributed by atoms with Crippen LogP contribution in [0.15, 0.2) is 12.4 Å². The number of aromatic nitrogens is 2. The van der Waals surface area contributed by atoms with Crippen molar-refractivity contribution in [3.63, 3.8) is 0 Å². The highest BCUT2D eigenvalue weighted by Crippen LogP contribution is 2.27. The largest absolute Gasteiger partial charge is 0.375 e. The molecule has 0 aliphatic carbocycles. The number of ether oxygens (including phenoxy) is 1. The van der Waals surface area contributed by atoms with E-state index in [4.69, 9.17) is 4.74 Å². The monoisotopic (exact) mass is 384 g/mol. The fourth-order valence-corrected chi connectivity index (χ4v) is 5.70. The Morgan fingerprint density at radius 2 is 1.81 bits per heavy atom. The molecule has 3 rings (SSSR count). The summed E-state index contributed by atoms with van der Waals surface area (Å²) < 4.78 is 30.9. The van der Waals surface area contributed by atoms with Crippen molar-refractivity contribution in [2.75, 3.05) is 38.3 Å². The molecule has 0 radical (unpaired) electrons. The van der Waals surface area contributed by atoms with Crippen LogP contribution in [0.5, 0.6) is 0 Å². The second-order valence-corrected chi connectivity index (χ2v) is 9.00. The molecule has 2 atom stereocenters. The minimum atomic E-state index is -3.29. The molecular formula is C16H24N4O5S. The fraction of sp³-hybridized carbons (Fsp3) is 0.688. The molecule has 0 spiro atoms. The van der Waals surface area contributed by atoms with E-state index in [9.17, 15) is 18.0 Å². The number of carbonyl (C=O) groups is 2. The van der Waals surface area contributed by atoms with E-state index in [1.165, 1.54) is 7.11 Å². The van der Waals surface area contributed by atoms with Gasteiger partial charge in [-0.2, -0.15) is 5.10 Å². The molecule has 2 aliphatic heterocycles. The summed E-state index contributed by atoms with van der Waals surface area (Å²) in [7, 11) is -1.86. The first-order valence-electron chi connectivity index (χ1n) is 8.58. The van der Waals surface area contributed by atoms with Gasteiger partial charge in [0.2, 0.25) is 11.8 Å². The van der Waals surface area contributed by atoms with Crippen molar-refractivity contribution in [1.82, 2.24) is 19.6 Å². The number of nitrogens with zero attached hydrogens (tertiary/aromatic N) is 4. The van der Waals surface area contributed by atoms with Gasteiger partial charge >= 0.3 is 0 Å². The lowest BCUT2D eigenvalue weighted by atomic mass is 10.0. The van der Waals surface area contributed by atoms with Crippen LogP contribution in [-0.2, 0) is 30.7 Å². The number of fused-ring (bicyclic) bond motifs is 1. The molecule has 0 saturated carbocycles. The third-order valence-electron chi connectivity index (χ3n) is 4.90. The van der Waals surface area contributed by atoms with Gasteiger partial charge in [0.05, 0.1) is 29.8 Å². The Kier molecular flexibility index (Phi) is 5.33. The summed E-state index contributed by atoms with van der Waals surface area (Å²) >= 11 is 0. The summed E-state index contributed by atoms with van der Waals surface area (Å²) in [5.74, 6) is -0.543. The average Bonchev–Trinajstić information content (AvgIpc) is 3.13. The first-order chi connectivity index (χ1) is 12.3.